The van der Waals surface area contributed by atoms with Crippen LogP contribution in [0.5, 0.6) is 11.5 Å². The van der Waals surface area contributed by atoms with Crippen LogP contribution in [0.4, 0.5) is 10.1 Å². The Morgan fingerprint density at radius 3 is 2.29 bits per heavy atom. The fourth-order valence-corrected chi connectivity index (χ4v) is 4.07. The minimum absolute atomic E-state index is 0.0701. The molecular formula is C18H21FN2O6S. The van der Waals surface area contributed by atoms with Crippen molar-refractivity contribution in [3.05, 3.63) is 57.9 Å². The molecule has 28 heavy (non-hydrogen) atoms. The Bertz CT molecular complexity index is 961. The number of benzene rings is 2. The molecule has 0 radical (unpaired) electrons. The summed E-state index contributed by atoms with van der Waals surface area (Å²) in [5.41, 5.74) is -0.0466. The first-order chi connectivity index (χ1) is 13.2. The summed E-state index contributed by atoms with van der Waals surface area (Å²) < 4.78 is 50.4. The van der Waals surface area contributed by atoms with Gasteiger partial charge in [-0.3, -0.25) is 10.1 Å². The zero-order valence-corrected chi connectivity index (χ0v) is 16.5. The molecule has 0 spiro atoms. The summed E-state index contributed by atoms with van der Waals surface area (Å²) in [6, 6.07) is 7.63. The van der Waals surface area contributed by atoms with Crippen molar-refractivity contribution in [1.29, 1.82) is 0 Å². The second-order valence-corrected chi connectivity index (χ2v) is 7.67. The van der Waals surface area contributed by atoms with Gasteiger partial charge in [-0.15, -0.1) is 0 Å². The molecule has 0 aliphatic heterocycles. The average molecular weight is 412 g/mol. The van der Waals surface area contributed by atoms with E-state index >= 15 is 0 Å². The second-order valence-electron chi connectivity index (χ2n) is 5.73. The van der Waals surface area contributed by atoms with Gasteiger partial charge in [-0.25, -0.2) is 12.8 Å². The Balaban J connectivity index is 2.31. The molecule has 2 aromatic carbocycles. The summed E-state index contributed by atoms with van der Waals surface area (Å²) in [6.45, 7) is 3.72. The largest absolute Gasteiger partial charge is 0.494 e. The van der Waals surface area contributed by atoms with Gasteiger partial charge < -0.3 is 9.47 Å². The van der Waals surface area contributed by atoms with Crippen LogP contribution in [0.25, 0.3) is 0 Å². The standard InChI is InChI=1S/C18H21FN2O6S/c1-4-20(5-2)28(24,25)14-7-9-18(16(11-14)21(22)23)27-12-13-6-8-17(26-3)15(19)10-13/h6-11H,4-5,12H2,1-3H3. The highest BCUT2D eigenvalue weighted by molar-refractivity contribution is 7.89. The van der Waals surface area contributed by atoms with E-state index in [2.05, 4.69) is 0 Å². The van der Waals surface area contributed by atoms with Crippen molar-refractivity contribution < 1.29 is 27.2 Å². The van der Waals surface area contributed by atoms with Gasteiger partial charge in [0, 0.05) is 19.2 Å². The normalized spacial score (nSPS) is 11.5. The van der Waals surface area contributed by atoms with Crippen molar-refractivity contribution in [1.82, 2.24) is 4.31 Å². The van der Waals surface area contributed by atoms with Gasteiger partial charge in [0.2, 0.25) is 10.0 Å². The molecule has 8 nitrogen and oxygen atoms in total. The molecule has 0 fully saturated rings. The van der Waals surface area contributed by atoms with E-state index in [-0.39, 0.29) is 36.1 Å². The second kappa shape index (κ2) is 8.98. The van der Waals surface area contributed by atoms with E-state index in [9.17, 15) is 22.9 Å². The number of nitro groups is 1. The average Bonchev–Trinajstić information content (AvgIpc) is 2.67. The quantitative estimate of drug-likeness (QED) is 0.463. The Morgan fingerprint density at radius 1 is 1.11 bits per heavy atom. The van der Waals surface area contributed by atoms with Crippen molar-refractivity contribution in [3.63, 3.8) is 0 Å². The Hall–Kier alpha value is -2.72. The van der Waals surface area contributed by atoms with E-state index < -0.39 is 26.5 Å². The first-order valence-electron chi connectivity index (χ1n) is 8.48. The topological polar surface area (TPSA) is 99.0 Å². The lowest BCUT2D eigenvalue weighted by Gasteiger charge is -2.18. The number of sulfonamides is 1. The van der Waals surface area contributed by atoms with E-state index in [1.54, 1.807) is 19.9 Å². The summed E-state index contributed by atoms with van der Waals surface area (Å²) in [7, 11) is -2.51. The lowest BCUT2D eigenvalue weighted by atomic mass is 10.2. The smallest absolute Gasteiger partial charge is 0.312 e. The van der Waals surface area contributed by atoms with Crippen molar-refractivity contribution in [2.24, 2.45) is 0 Å². The number of rotatable bonds is 9. The van der Waals surface area contributed by atoms with E-state index in [0.29, 0.717) is 5.56 Å². The third-order valence-corrected chi connectivity index (χ3v) is 6.13. The molecule has 0 heterocycles. The van der Waals surface area contributed by atoms with Gasteiger partial charge in [0.15, 0.2) is 17.3 Å². The predicted molar refractivity (Wildman–Crippen MR) is 100 cm³/mol. The zero-order valence-electron chi connectivity index (χ0n) is 15.7. The van der Waals surface area contributed by atoms with Gasteiger partial charge in [0.1, 0.15) is 6.61 Å². The third-order valence-electron chi connectivity index (χ3n) is 4.08. The van der Waals surface area contributed by atoms with Gasteiger partial charge in [-0.1, -0.05) is 19.9 Å². The molecule has 0 saturated heterocycles. The van der Waals surface area contributed by atoms with Gasteiger partial charge in [-0.05, 0) is 29.8 Å². The molecule has 2 aromatic rings. The Morgan fingerprint density at radius 2 is 1.75 bits per heavy atom. The summed E-state index contributed by atoms with van der Waals surface area (Å²) >= 11 is 0. The minimum atomic E-state index is -3.84. The molecule has 0 bridgehead atoms. The SMILES string of the molecule is CCN(CC)S(=O)(=O)c1ccc(OCc2ccc(OC)c(F)c2)c([N+](=O)[O-])c1. The van der Waals surface area contributed by atoms with Crippen molar-refractivity contribution >= 4 is 15.7 Å². The van der Waals surface area contributed by atoms with Gasteiger partial charge in [0.05, 0.1) is 16.9 Å². The summed E-state index contributed by atoms with van der Waals surface area (Å²) in [4.78, 5) is 10.5. The van der Waals surface area contributed by atoms with Crippen LogP contribution in [0.15, 0.2) is 41.3 Å². The maximum atomic E-state index is 13.8. The Labute approximate surface area is 162 Å². The highest BCUT2D eigenvalue weighted by Crippen LogP contribution is 2.31. The molecule has 0 aromatic heterocycles. The molecule has 0 N–H and O–H groups in total. The monoisotopic (exact) mass is 412 g/mol. The van der Waals surface area contributed by atoms with Crippen LogP contribution >= 0.6 is 0 Å². The van der Waals surface area contributed by atoms with Gasteiger partial charge in [-0.2, -0.15) is 4.31 Å². The van der Waals surface area contributed by atoms with E-state index in [1.165, 1.54) is 35.7 Å². The molecule has 152 valence electrons. The maximum Gasteiger partial charge on any atom is 0.312 e. The molecule has 0 amide bonds. The Kier molecular flexibility index (Phi) is 6.92. The van der Waals surface area contributed by atoms with Crippen LogP contribution in [-0.2, 0) is 16.6 Å². The first kappa shape index (κ1) is 21.6. The molecule has 0 aliphatic carbocycles. The highest BCUT2D eigenvalue weighted by atomic mass is 32.2. The van der Waals surface area contributed by atoms with Crippen molar-refractivity contribution in [2.45, 2.75) is 25.3 Å². The van der Waals surface area contributed by atoms with Crippen LogP contribution in [0.2, 0.25) is 0 Å². The zero-order chi connectivity index (χ0) is 20.9. The van der Waals surface area contributed by atoms with E-state index in [0.717, 1.165) is 6.07 Å². The van der Waals surface area contributed by atoms with Crippen LogP contribution in [-0.4, -0.2) is 37.8 Å². The van der Waals surface area contributed by atoms with Gasteiger partial charge >= 0.3 is 5.69 Å². The fraction of sp³-hybridized carbons (Fsp3) is 0.333. The van der Waals surface area contributed by atoms with Crippen molar-refractivity contribution in [2.75, 3.05) is 20.2 Å². The molecule has 0 unspecified atom stereocenters. The van der Waals surface area contributed by atoms with E-state index in [1.807, 2.05) is 0 Å². The number of nitro benzene ring substituents is 1. The predicted octanol–water partition coefficient (Wildman–Crippen LogP) is 3.35. The number of hydrogen-bond acceptors (Lipinski definition) is 6. The lowest BCUT2D eigenvalue weighted by Crippen LogP contribution is -2.30. The summed E-state index contributed by atoms with van der Waals surface area (Å²) in [6.07, 6.45) is 0. The molecule has 0 aliphatic rings. The number of nitrogens with zero attached hydrogens (tertiary/aromatic N) is 2. The van der Waals surface area contributed by atoms with Crippen molar-refractivity contribution in [3.8, 4) is 11.5 Å². The first-order valence-corrected chi connectivity index (χ1v) is 9.92. The third kappa shape index (κ3) is 4.57. The molecule has 0 saturated carbocycles. The highest BCUT2D eigenvalue weighted by Gasteiger charge is 2.26. The summed E-state index contributed by atoms with van der Waals surface area (Å²) in [5, 5.41) is 11.4. The molecule has 2 rings (SSSR count). The molecular weight excluding hydrogens is 391 g/mol. The maximum absolute atomic E-state index is 13.8. The number of ether oxygens (including phenoxy) is 2. The number of methoxy groups -OCH3 is 1. The minimum Gasteiger partial charge on any atom is -0.494 e. The number of hydrogen-bond donors (Lipinski definition) is 0. The summed E-state index contributed by atoms with van der Waals surface area (Å²) in [5.74, 6) is -0.626. The lowest BCUT2D eigenvalue weighted by molar-refractivity contribution is -0.386. The molecule has 10 heteroatoms. The fourth-order valence-electron chi connectivity index (χ4n) is 2.60. The molecule has 0 atom stereocenters. The van der Waals surface area contributed by atoms with Crippen LogP contribution in [0.1, 0.15) is 19.4 Å². The van der Waals surface area contributed by atoms with E-state index in [4.69, 9.17) is 9.47 Å². The number of halogens is 1. The van der Waals surface area contributed by atoms with Crippen LogP contribution in [0.3, 0.4) is 0 Å². The van der Waals surface area contributed by atoms with Crippen LogP contribution in [0, 0.1) is 15.9 Å². The van der Waals surface area contributed by atoms with Gasteiger partial charge in [0.25, 0.3) is 0 Å². The van der Waals surface area contributed by atoms with Crippen LogP contribution < -0.4 is 9.47 Å².